The molecule has 0 amide bonds. The number of halogens is 1. The fourth-order valence-electron chi connectivity index (χ4n) is 2.08. The molecule has 1 atom stereocenters. The fourth-order valence-corrected chi connectivity index (χ4v) is 2.50. The summed E-state index contributed by atoms with van der Waals surface area (Å²) in [5.74, 6) is 0.921. The number of rotatable bonds is 1. The molecule has 2 aliphatic heterocycles. The van der Waals surface area contributed by atoms with Gasteiger partial charge in [0.2, 0.25) is 4.73 Å². The lowest BCUT2D eigenvalue weighted by atomic mass is 9.72. The van der Waals surface area contributed by atoms with Crippen molar-refractivity contribution in [3.05, 3.63) is 10.6 Å². The number of nitrogens with zero attached hydrogens (tertiary/aromatic N) is 3. The van der Waals surface area contributed by atoms with E-state index in [0.29, 0.717) is 10.1 Å². The van der Waals surface area contributed by atoms with E-state index in [1.54, 1.807) is 4.68 Å². The highest BCUT2D eigenvalue weighted by atomic mass is 79.9. The first-order valence-electron chi connectivity index (χ1n) is 4.60. The van der Waals surface area contributed by atoms with Gasteiger partial charge < -0.3 is 10.1 Å². The summed E-state index contributed by atoms with van der Waals surface area (Å²) in [7, 11) is 1.90. The molecule has 2 saturated heterocycles. The normalized spacial score (nSPS) is 28.6. The zero-order chi connectivity index (χ0) is 9.76. The number of aryl methyl sites for hydroxylation is 1. The molecule has 0 radical (unpaired) electrons. The summed E-state index contributed by atoms with van der Waals surface area (Å²) >= 11 is 3.27. The van der Waals surface area contributed by atoms with Crippen LogP contribution in [0.2, 0.25) is 0 Å². The Hall–Kier alpha value is -0.460. The minimum Gasteiger partial charge on any atom is -0.369 e. The molecule has 0 aliphatic carbocycles. The molecule has 76 valence electrons. The van der Waals surface area contributed by atoms with Crippen molar-refractivity contribution in [1.29, 1.82) is 0 Å². The lowest BCUT2D eigenvalue weighted by Crippen LogP contribution is -2.65. The molecule has 3 heterocycles. The molecule has 0 aromatic carbocycles. The van der Waals surface area contributed by atoms with E-state index < -0.39 is 0 Å². The number of ether oxygens (including phenoxy) is 1. The van der Waals surface area contributed by atoms with Gasteiger partial charge in [0.1, 0.15) is 6.10 Å². The van der Waals surface area contributed by atoms with E-state index >= 15 is 0 Å². The summed E-state index contributed by atoms with van der Waals surface area (Å²) in [6.07, 6.45) is 0.118. The quantitative estimate of drug-likeness (QED) is 0.784. The second-order valence-corrected chi connectivity index (χ2v) is 4.73. The van der Waals surface area contributed by atoms with Crippen LogP contribution in [0, 0.1) is 5.41 Å². The van der Waals surface area contributed by atoms with Crippen LogP contribution in [0.4, 0.5) is 0 Å². The van der Waals surface area contributed by atoms with Crippen LogP contribution in [0.15, 0.2) is 4.73 Å². The maximum atomic E-state index is 5.58. The maximum absolute atomic E-state index is 5.58. The smallest absolute Gasteiger partial charge is 0.217 e. The average Bonchev–Trinajstić information content (AvgIpc) is 2.25. The molecule has 1 aromatic rings. The van der Waals surface area contributed by atoms with Gasteiger partial charge in [0.15, 0.2) is 5.82 Å². The highest BCUT2D eigenvalue weighted by molar-refractivity contribution is 9.10. The van der Waals surface area contributed by atoms with Gasteiger partial charge in [0.25, 0.3) is 0 Å². The van der Waals surface area contributed by atoms with Gasteiger partial charge in [0, 0.05) is 20.1 Å². The predicted octanol–water partition coefficient (Wildman–Crippen LogP) is 0.238. The van der Waals surface area contributed by atoms with Gasteiger partial charge in [-0.15, -0.1) is 5.10 Å². The Morgan fingerprint density at radius 3 is 2.79 bits per heavy atom. The monoisotopic (exact) mass is 258 g/mol. The molecule has 0 bridgehead atoms. The largest absolute Gasteiger partial charge is 0.369 e. The summed E-state index contributed by atoms with van der Waals surface area (Å²) in [6.45, 7) is 2.90. The van der Waals surface area contributed by atoms with Gasteiger partial charge in [-0.2, -0.15) is 0 Å². The summed E-state index contributed by atoms with van der Waals surface area (Å²) in [5, 5.41) is 7.44. The Morgan fingerprint density at radius 1 is 1.64 bits per heavy atom. The zero-order valence-electron chi connectivity index (χ0n) is 7.83. The van der Waals surface area contributed by atoms with E-state index in [-0.39, 0.29) is 6.10 Å². The molecule has 14 heavy (non-hydrogen) atoms. The molecule has 5 nitrogen and oxygen atoms in total. The van der Waals surface area contributed by atoms with E-state index in [4.69, 9.17) is 4.74 Å². The summed E-state index contributed by atoms with van der Waals surface area (Å²) in [5.41, 5.74) is 0.292. The van der Waals surface area contributed by atoms with Crippen LogP contribution in [-0.4, -0.2) is 34.5 Å². The second kappa shape index (κ2) is 2.77. The van der Waals surface area contributed by atoms with E-state index in [0.717, 1.165) is 25.5 Å². The number of hydrogen-bond acceptors (Lipinski definition) is 4. The number of aromatic nitrogens is 3. The van der Waals surface area contributed by atoms with E-state index in [9.17, 15) is 0 Å². The van der Waals surface area contributed by atoms with E-state index in [1.807, 2.05) is 7.05 Å². The molecule has 1 aromatic heterocycles. The van der Waals surface area contributed by atoms with Gasteiger partial charge in [-0.1, -0.05) is 0 Å². The van der Waals surface area contributed by atoms with Crippen molar-refractivity contribution in [2.24, 2.45) is 12.5 Å². The third-order valence-corrected chi connectivity index (χ3v) is 3.39. The third kappa shape index (κ3) is 1.01. The van der Waals surface area contributed by atoms with Crippen LogP contribution in [0.5, 0.6) is 0 Å². The standard InChI is InChI=1S/C8H11BrN4O/c1-13-6(11-7(9)12-13)5-8(4-14-5)2-10-3-8/h5,10H,2-4H2,1H3. The van der Waals surface area contributed by atoms with Crippen molar-refractivity contribution in [1.82, 2.24) is 20.1 Å². The van der Waals surface area contributed by atoms with Gasteiger partial charge in [0.05, 0.1) is 12.0 Å². The van der Waals surface area contributed by atoms with E-state index in [2.05, 4.69) is 31.3 Å². The van der Waals surface area contributed by atoms with Gasteiger partial charge in [-0.25, -0.2) is 9.67 Å². The van der Waals surface area contributed by atoms with Gasteiger partial charge in [-0.05, 0) is 15.9 Å². The Kier molecular flexibility index (Phi) is 1.75. The van der Waals surface area contributed by atoms with Crippen molar-refractivity contribution in [3.63, 3.8) is 0 Å². The lowest BCUT2D eigenvalue weighted by Gasteiger charge is -2.54. The number of hydrogen-bond donors (Lipinski definition) is 1. The molecular formula is C8H11BrN4O. The van der Waals surface area contributed by atoms with Gasteiger partial charge in [-0.3, -0.25) is 0 Å². The highest BCUT2D eigenvalue weighted by Gasteiger charge is 2.55. The van der Waals surface area contributed by atoms with Crippen LogP contribution in [-0.2, 0) is 11.8 Å². The molecular weight excluding hydrogens is 248 g/mol. The topological polar surface area (TPSA) is 52.0 Å². The first kappa shape index (κ1) is 8.82. The van der Waals surface area contributed by atoms with Crippen LogP contribution in [0.3, 0.4) is 0 Å². The highest BCUT2D eigenvalue weighted by Crippen LogP contribution is 2.48. The zero-order valence-corrected chi connectivity index (χ0v) is 9.41. The Morgan fingerprint density at radius 2 is 2.43 bits per heavy atom. The first-order valence-corrected chi connectivity index (χ1v) is 5.39. The van der Waals surface area contributed by atoms with Crippen molar-refractivity contribution in [2.75, 3.05) is 19.7 Å². The lowest BCUT2D eigenvalue weighted by molar-refractivity contribution is -0.217. The molecule has 2 fully saturated rings. The summed E-state index contributed by atoms with van der Waals surface area (Å²) < 4.78 is 8.00. The minimum atomic E-state index is 0.118. The Balaban J connectivity index is 1.92. The maximum Gasteiger partial charge on any atom is 0.217 e. The van der Waals surface area contributed by atoms with Crippen molar-refractivity contribution < 1.29 is 4.74 Å². The molecule has 1 N–H and O–H groups in total. The van der Waals surface area contributed by atoms with Crippen molar-refractivity contribution in [3.8, 4) is 0 Å². The number of nitrogens with one attached hydrogen (secondary N) is 1. The molecule has 1 spiro atoms. The Labute approximate surface area is 90.0 Å². The summed E-state index contributed by atoms with van der Waals surface area (Å²) in [6, 6.07) is 0. The molecule has 0 saturated carbocycles. The average molecular weight is 259 g/mol. The third-order valence-electron chi connectivity index (χ3n) is 3.05. The molecule has 6 heteroatoms. The van der Waals surface area contributed by atoms with Gasteiger partial charge >= 0.3 is 0 Å². The van der Waals surface area contributed by atoms with Crippen LogP contribution < -0.4 is 5.32 Å². The SMILES string of the molecule is Cn1nc(Br)nc1C1OCC12CNC2. The molecule has 3 rings (SSSR count). The van der Waals surface area contributed by atoms with Crippen molar-refractivity contribution in [2.45, 2.75) is 6.10 Å². The van der Waals surface area contributed by atoms with Crippen LogP contribution >= 0.6 is 15.9 Å². The molecule has 1 unspecified atom stereocenters. The first-order chi connectivity index (χ1) is 6.71. The second-order valence-electron chi connectivity index (χ2n) is 4.02. The Bertz CT molecular complexity index is 368. The van der Waals surface area contributed by atoms with Crippen LogP contribution in [0.25, 0.3) is 0 Å². The molecule has 2 aliphatic rings. The fraction of sp³-hybridized carbons (Fsp3) is 0.750. The van der Waals surface area contributed by atoms with E-state index in [1.165, 1.54) is 0 Å². The predicted molar refractivity (Wildman–Crippen MR) is 52.7 cm³/mol. The minimum absolute atomic E-state index is 0.118. The van der Waals surface area contributed by atoms with Crippen LogP contribution in [0.1, 0.15) is 11.9 Å². The summed E-state index contributed by atoms with van der Waals surface area (Å²) in [4.78, 5) is 4.33. The van der Waals surface area contributed by atoms with Crippen molar-refractivity contribution >= 4 is 15.9 Å².